The average molecular weight is 346 g/mol. The summed E-state index contributed by atoms with van der Waals surface area (Å²) in [5.74, 6) is -0.843. The lowest BCUT2D eigenvalue weighted by molar-refractivity contribution is 0.0989. The standard InChI is InChI=1S/C11H6Br2O3/c1-4-2-5-8(11(16)9(4)13)7(14)3-6(12)10(5)15/h2-3,16H,1H3. The van der Waals surface area contributed by atoms with E-state index in [2.05, 4.69) is 31.9 Å². The van der Waals surface area contributed by atoms with Gasteiger partial charge < -0.3 is 5.11 Å². The maximum Gasteiger partial charge on any atom is 0.200 e. The maximum absolute atomic E-state index is 11.8. The summed E-state index contributed by atoms with van der Waals surface area (Å²) in [6.45, 7) is 1.74. The van der Waals surface area contributed by atoms with E-state index < -0.39 is 0 Å². The number of Topliss-reactive ketones (excluding diaryl/α,β-unsaturated/α-hetero) is 1. The third kappa shape index (κ3) is 1.55. The van der Waals surface area contributed by atoms with Gasteiger partial charge in [-0.1, -0.05) is 0 Å². The van der Waals surface area contributed by atoms with E-state index in [4.69, 9.17) is 0 Å². The minimum Gasteiger partial charge on any atom is -0.506 e. The van der Waals surface area contributed by atoms with E-state index in [1.54, 1.807) is 13.0 Å². The largest absolute Gasteiger partial charge is 0.506 e. The molecule has 0 saturated carbocycles. The molecule has 1 N–H and O–H groups in total. The van der Waals surface area contributed by atoms with Gasteiger partial charge in [-0.2, -0.15) is 0 Å². The van der Waals surface area contributed by atoms with Crippen molar-refractivity contribution in [3.8, 4) is 5.75 Å². The molecule has 0 radical (unpaired) electrons. The van der Waals surface area contributed by atoms with Gasteiger partial charge in [-0.05, 0) is 50.4 Å². The van der Waals surface area contributed by atoms with E-state index in [1.165, 1.54) is 6.08 Å². The molecule has 0 aromatic heterocycles. The number of ketones is 2. The molecule has 0 bridgehead atoms. The number of carbonyl (C=O) groups excluding carboxylic acids is 2. The Morgan fingerprint density at radius 2 is 1.88 bits per heavy atom. The Hall–Kier alpha value is -0.940. The molecule has 16 heavy (non-hydrogen) atoms. The number of phenols is 1. The molecule has 0 spiro atoms. The minimum absolute atomic E-state index is 0.0608. The second-order valence-corrected chi connectivity index (χ2v) is 5.11. The molecule has 5 heteroatoms. The van der Waals surface area contributed by atoms with Crippen LogP contribution in [0.15, 0.2) is 21.1 Å². The first-order chi connectivity index (χ1) is 7.43. The summed E-state index contributed by atoms with van der Waals surface area (Å²) in [7, 11) is 0. The summed E-state index contributed by atoms with van der Waals surface area (Å²) >= 11 is 6.20. The van der Waals surface area contributed by atoms with Crippen LogP contribution >= 0.6 is 31.9 Å². The number of fused-ring (bicyclic) bond motifs is 1. The second-order valence-electron chi connectivity index (χ2n) is 3.46. The van der Waals surface area contributed by atoms with E-state index in [9.17, 15) is 14.7 Å². The van der Waals surface area contributed by atoms with E-state index in [0.29, 0.717) is 10.0 Å². The van der Waals surface area contributed by atoms with Crippen LogP contribution in [0.3, 0.4) is 0 Å². The van der Waals surface area contributed by atoms with Crippen LogP contribution in [0.2, 0.25) is 0 Å². The fraction of sp³-hybridized carbons (Fsp3) is 0.0909. The molecule has 0 heterocycles. The summed E-state index contributed by atoms with van der Waals surface area (Å²) in [5, 5.41) is 9.83. The summed E-state index contributed by atoms with van der Waals surface area (Å²) in [4.78, 5) is 23.5. The van der Waals surface area contributed by atoms with Gasteiger partial charge in [-0.15, -0.1) is 0 Å². The average Bonchev–Trinajstić information content (AvgIpc) is 2.22. The van der Waals surface area contributed by atoms with Crippen molar-refractivity contribution < 1.29 is 14.7 Å². The number of rotatable bonds is 0. The Kier molecular flexibility index (Phi) is 2.75. The molecule has 0 saturated heterocycles. The zero-order valence-corrected chi connectivity index (χ0v) is 11.3. The van der Waals surface area contributed by atoms with Crippen molar-refractivity contribution in [2.45, 2.75) is 6.92 Å². The summed E-state index contributed by atoms with van der Waals surface area (Å²) in [6.07, 6.45) is 1.17. The van der Waals surface area contributed by atoms with Crippen molar-refractivity contribution in [2.24, 2.45) is 0 Å². The first-order valence-electron chi connectivity index (χ1n) is 4.41. The monoisotopic (exact) mass is 344 g/mol. The Labute approximate surface area is 108 Å². The van der Waals surface area contributed by atoms with Crippen LogP contribution < -0.4 is 0 Å². The van der Waals surface area contributed by atoms with Crippen LogP contribution in [-0.2, 0) is 0 Å². The van der Waals surface area contributed by atoms with Crippen LogP contribution in [0.1, 0.15) is 26.3 Å². The van der Waals surface area contributed by atoms with E-state index in [1.807, 2.05) is 0 Å². The zero-order valence-electron chi connectivity index (χ0n) is 8.17. The Morgan fingerprint density at radius 3 is 2.50 bits per heavy atom. The van der Waals surface area contributed by atoms with Gasteiger partial charge in [0.2, 0.25) is 5.78 Å². The third-order valence-electron chi connectivity index (χ3n) is 2.39. The molecule has 3 nitrogen and oxygen atoms in total. The lowest BCUT2D eigenvalue weighted by Gasteiger charge is -2.15. The molecule has 0 fully saturated rings. The summed E-state index contributed by atoms with van der Waals surface area (Å²) in [6, 6.07) is 1.59. The number of aryl methyl sites for hydroxylation is 1. The molecular weight excluding hydrogens is 340 g/mol. The van der Waals surface area contributed by atoms with Crippen LogP contribution in [0, 0.1) is 6.92 Å². The number of phenolic OH excluding ortho intramolecular Hbond substituents is 1. The highest BCUT2D eigenvalue weighted by Crippen LogP contribution is 2.37. The van der Waals surface area contributed by atoms with Crippen LogP contribution in [-0.4, -0.2) is 16.7 Å². The zero-order chi connectivity index (χ0) is 12.0. The second kappa shape index (κ2) is 3.82. The van der Waals surface area contributed by atoms with Crippen molar-refractivity contribution in [2.75, 3.05) is 0 Å². The van der Waals surface area contributed by atoms with Crippen LogP contribution in [0.5, 0.6) is 5.75 Å². The molecule has 2 rings (SSSR count). The summed E-state index contributed by atoms with van der Waals surface area (Å²) < 4.78 is 0.657. The van der Waals surface area contributed by atoms with Crippen molar-refractivity contribution in [3.63, 3.8) is 0 Å². The van der Waals surface area contributed by atoms with Gasteiger partial charge in [0.25, 0.3) is 0 Å². The molecule has 1 aliphatic rings. The first-order valence-corrected chi connectivity index (χ1v) is 6.00. The van der Waals surface area contributed by atoms with Gasteiger partial charge in [0.15, 0.2) is 5.78 Å². The normalized spacial score (nSPS) is 14.8. The number of aromatic hydroxyl groups is 1. The molecule has 82 valence electrons. The van der Waals surface area contributed by atoms with Crippen molar-refractivity contribution in [1.82, 2.24) is 0 Å². The highest BCUT2D eigenvalue weighted by Gasteiger charge is 2.28. The van der Waals surface area contributed by atoms with Crippen molar-refractivity contribution in [1.29, 1.82) is 0 Å². The predicted molar refractivity (Wildman–Crippen MR) is 66.2 cm³/mol. The fourth-order valence-electron chi connectivity index (χ4n) is 1.59. The highest BCUT2D eigenvalue weighted by molar-refractivity contribution is 9.12. The van der Waals surface area contributed by atoms with E-state index in [0.717, 1.165) is 0 Å². The van der Waals surface area contributed by atoms with E-state index >= 15 is 0 Å². The number of halogens is 2. The molecule has 1 aliphatic carbocycles. The van der Waals surface area contributed by atoms with Gasteiger partial charge in [0, 0.05) is 11.6 Å². The van der Waals surface area contributed by atoms with Crippen molar-refractivity contribution in [3.05, 3.63) is 37.8 Å². The number of hydrogen-bond acceptors (Lipinski definition) is 3. The van der Waals surface area contributed by atoms with Gasteiger partial charge >= 0.3 is 0 Å². The number of carbonyl (C=O) groups is 2. The topological polar surface area (TPSA) is 54.4 Å². The smallest absolute Gasteiger partial charge is 0.200 e. The molecule has 1 aromatic rings. The Balaban J connectivity index is 2.83. The Morgan fingerprint density at radius 1 is 1.25 bits per heavy atom. The lowest BCUT2D eigenvalue weighted by Crippen LogP contribution is -2.15. The Bertz CT molecular complexity index is 559. The SMILES string of the molecule is Cc1cc2c(c(O)c1Br)C(=O)C=C(Br)C2=O. The first kappa shape index (κ1) is 11.5. The minimum atomic E-state index is -0.375. The fourth-order valence-corrected chi connectivity index (χ4v) is 2.32. The third-order valence-corrected chi connectivity index (χ3v) is 3.98. The predicted octanol–water partition coefficient (Wildman–Crippen LogP) is 3.12. The number of hydrogen-bond donors (Lipinski definition) is 1. The van der Waals surface area contributed by atoms with Crippen molar-refractivity contribution >= 4 is 43.4 Å². The molecule has 0 atom stereocenters. The maximum atomic E-state index is 11.8. The molecule has 0 amide bonds. The quantitative estimate of drug-likeness (QED) is 0.786. The summed E-state index contributed by atoms with van der Waals surface area (Å²) in [5.41, 5.74) is 1.00. The van der Waals surface area contributed by atoms with Crippen LogP contribution in [0.25, 0.3) is 0 Å². The van der Waals surface area contributed by atoms with Gasteiger partial charge in [-0.3, -0.25) is 9.59 Å². The molecule has 0 aliphatic heterocycles. The molecule has 0 unspecified atom stereocenters. The number of allylic oxidation sites excluding steroid dienone is 2. The van der Waals surface area contributed by atoms with Gasteiger partial charge in [0.1, 0.15) is 5.75 Å². The van der Waals surface area contributed by atoms with Gasteiger partial charge in [0.05, 0.1) is 14.5 Å². The van der Waals surface area contributed by atoms with Gasteiger partial charge in [-0.25, -0.2) is 0 Å². The number of benzene rings is 1. The highest BCUT2D eigenvalue weighted by atomic mass is 79.9. The lowest BCUT2D eigenvalue weighted by atomic mass is 9.92. The van der Waals surface area contributed by atoms with Crippen LogP contribution in [0.4, 0.5) is 0 Å². The van der Waals surface area contributed by atoms with E-state index in [-0.39, 0.29) is 32.9 Å². The molecule has 1 aromatic carbocycles. The molecular formula is C11H6Br2O3.